The van der Waals surface area contributed by atoms with Crippen LogP contribution in [0.4, 0.5) is 17.6 Å². The van der Waals surface area contributed by atoms with Gasteiger partial charge in [-0.1, -0.05) is 17.7 Å². The number of alkyl halides is 4. The smallest absolute Gasteiger partial charge is 0.322 e. The molecule has 0 saturated carbocycles. The van der Waals surface area contributed by atoms with E-state index >= 15 is 0 Å². The molecule has 0 spiro atoms. The van der Waals surface area contributed by atoms with Crippen molar-refractivity contribution in [2.45, 2.75) is 12.2 Å². The van der Waals surface area contributed by atoms with Crippen LogP contribution in [0.25, 0.3) is 0 Å². The number of halogens is 6. The molecule has 1 aromatic rings. The standard InChI is InChI=1S/C9H8ClF4N.ClH/c10-5-1-2-6(8(15)4-11)7(3-5)9(12,13)14;/h1-3,8H,4,15H2;1H/t8-;/m0./s1. The van der Waals surface area contributed by atoms with Crippen LogP contribution in [-0.4, -0.2) is 6.67 Å². The molecule has 2 N–H and O–H groups in total. The van der Waals surface area contributed by atoms with Crippen molar-refractivity contribution in [1.29, 1.82) is 0 Å². The van der Waals surface area contributed by atoms with E-state index < -0.39 is 24.5 Å². The molecule has 0 heterocycles. The number of hydrogen-bond donors (Lipinski definition) is 1. The molecule has 0 radical (unpaired) electrons. The number of rotatable bonds is 2. The van der Waals surface area contributed by atoms with Gasteiger partial charge in [0, 0.05) is 5.02 Å². The van der Waals surface area contributed by atoms with Gasteiger partial charge in [-0.15, -0.1) is 12.4 Å². The van der Waals surface area contributed by atoms with Gasteiger partial charge in [-0.3, -0.25) is 0 Å². The molecule has 1 rings (SSSR count). The van der Waals surface area contributed by atoms with E-state index in [0.29, 0.717) is 0 Å². The maximum Gasteiger partial charge on any atom is 0.416 e. The lowest BCUT2D eigenvalue weighted by Crippen LogP contribution is -2.18. The zero-order valence-corrected chi connectivity index (χ0v) is 9.46. The van der Waals surface area contributed by atoms with Crippen LogP contribution < -0.4 is 5.73 Å². The average molecular weight is 278 g/mol. The van der Waals surface area contributed by atoms with Gasteiger partial charge in [0.1, 0.15) is 6.67 Å². The molecular formula is C9H9Cl2F4N. The molecule has 0 amide bonds. The number of hydrogen-bond acceptors (Lipinski definition) is 1. The van der Waals surface area contributed by atoms with Crippen molar-refractivity contribution in [1.82, 2.24) is 0 Å². The highest BCUT2D eigenvalue weighted by atomic mass is 35.5. The molecule has 0 aromatic heterocycles. The van der Waals surface area contributed by atoms with Crippen LogP contribution in [0, 0.1) is 0 Å². The van der Waals surface area contributed by atoms with Gasteiger partial charge in [0.15, 0.2) is 0 Å². The first-order chi connectivity index (χ1) is 6.86. The lowest BCUT2D eigenvalue weighted by molar-refractivity contribution is -0.138. The summed E-state index contributed by atoms with van der Waals surface area (Å²) in [7, 11) is 0. The van der Waals surface area contributed by atoms with Gasteiger partial charge in [0.2, 0.25) is 0 Å². The maximum absolute atomic E-state index is 12.5. The van der Waals surface area contributed by atoms with Gasteiger partial charge in [-0.05, 0) is 17.7 Å². The summed E-state index contributed by atoms with van der Waals surface area (Å²) in [4.78, 5) is 0. The van der Waals surface area contributed by atoms with Crippen LogP contribution in [0.3, 0.4) is 0 Å². The Morgan fingerprint density at radius 1 is 1.31 bits per heavy atom. The summed E-state index contributed by atoms with van der Waals surface area (Å²) in [5, 5.41) is -0.0582. The van der Waals surface area contributed by atoms with Gasteiger partial charge < -0.3 is 5.73 Å². The largest absolute Gasteiger partial charge is 0.416 e. The number of benzene rings is 1. The first kappa shape index (κ1) is 15.5. The Labute approximate surface area is 101 Å². The summed E-state index contributed by atoms with van der Waals surface area (Å²) >= 11 is 5.44. The first-order valence-electron chi connectivity index (χ1n) is 4.04. The molecule has 0 fully saturated rings. The monoisotopic (exact) mass is 277 g/mol. The van der Waals surface area contributed by atoms with Crippen LogP contribution in [0.1, 0.15) is 17.2 Å². The quantitative estimate of drug-likeness (QED) is 0.819. The van der Waals surface area contributed by atoms with E-state index in [1.54, 1.807) is 0 Å². The zero-order chi connectivity index (χ0) is 11.6. The van der Waals surface area contributed by atoms with E-state index in [1.165, 1.54) is 6.07 Å². The van der Waals surface area contributed by atoms with E-state index in [-0.39, 0.29) is 23.0 Å². The lowest BCUT2D eigenvalue weighted by Gasteiger charge is -2.16. The molecule has 1 atom stereocenters. The van der Waals surface area contributed by atoms with Crippen LogP contribution >= 0.6 is 24.0 Å². The summed E-state index contributed by atoms with van der Waals surface area (Å²) in [6, 6.07) is 1.81. The third-order valence-electron chi connectivity index (χ3n) is 1.89. The Morgan fingerprint density at radius 2 is 1.88 bits per heavy atom. The van der Waals surface area contributed by atoms with Gasteiger partial charge in [0.05, 0.1) is 11.6 Å². The summed E-state index contributed by atoms with van der Waals surface area (Å²) in [6.45, 7) is -1.05. The highest BCUT2D eigenvalue weighted by molar-refractivity contribution is 6.30. The average Bonchev–Trinajstić information content (AvgIpc) is 2.15. The summed E-state index contributed by atoms with van der Waals surface area (Å²) in [6.07, 6.45) is -4.58. The van der Waals surface area contributed by atoms with Crippen molar-refractivity contribution in [2.75, 3.05) is 6.67 Å². The molecule has 1 nitrogen and oxygen atoms in total. The summed E-state index contributed by atoms with van der Waals surface area (Å²) in [5.74, 6) is 0. The fourth-order valence-corrected chi connectivity index (χ4v) is 1.35. The van der Waals surface area contributed by atoms with E-state index in [0.717, 1.165) is 12.1 Å². The predicted molar refractivity (Wildman–Crippen MR) is 56.6 cm³/mol. The molecule has 0 saturated heterocycles. The molecule has 0 aliphatic carbocycles. The topological polar surface area (TPSA) is 26.0 Å². The molecule has 0 unspecified atom stereocenters. The van der Waals surface area contributed by atoms with Gasteiger partial charge in [0.25, 0.3) is 0 Å². The lowest BCUT2D eigenvalue weighted by atomic mass is 10.0. The minimum absolute atomic E-state index is 0. The van der Waals surface area contributed by atoms with Crippen LogP contribution in [-0.2, 0) is 6.18 Å². The van der Waals surface area contributed by atoms with E-state index in [9.17, 15) is 17.6 Å². The zero-order valence-electron chi connectivity index (χ0n) is 7.89. The third kappa shape index (κ3) is 3.50. The van der Waals surface area contributed by atoms with E-state index in [2.05, 4.69) is 0 Å². The Morgan fingerprint density at radius 3 is 2.31 bits per heavy atom. The molecule has 0 bridgehead atoms. The second-order valence-electron chi connectivity index (χ2n) is 2.99. The molecule has 7 heteroatoms. The summed E-state index contributed by atoms with van der Waals surface area (Å²) in [5.41, 5.74) is 3.95. The van der Waals surface area contributed by atoms with Gasteiger partial charge in [-0.25, -0.2) is 4.39 Å². The van der Waals surface area contributed by atoms with E-state index in [4.69, 9.17) is 17.3 Å². The van der Waals surface area contributed by atoms with Crippen LogP contribution in [0.5, 0.6) is 0 Å². The van der Waals surface area contributed by atoms with Crippen molar-refractivity contribution in [2.24, 2.45) is 5.73 Å². The minimum Gasteiger partial charge on any atom is -0.322 e. The second-order valence-corrected chi connectivity index (χ2v) is 3.43. The van der Waals surface area contributed by atoms with Gasteiger partial charge >= 0.3 is 6.18 Å². The van der Waals surface area contributed by atoms with Gasteiger partial charge in [-0.2, -0.15) is 13.2 Å². The normalized spacial score (nSPS) is 13.1. The Bertz CT molecular complexity index is 354. The Kier molecular flexibility index (Phi) is 5.52. The highest BCUT2D eigenvalue weighted by Gasteiger charge is 2.34. The number of nitrogens with two attached hydrogens (primary N) is 1. The minimum atomic E-state index is -4.58. The highest BCUT2D eigenvalue weighted by Crippen LogP contribution is 2.35. The van der Waals surface area contributed by atoms with Crippen LogP contribution in [0.15, 0.2) is 18.2 Å². The van der Waals surface area contributed by atoms with Crippen molar-refractivity contribution in [3.8, 4) is 0 Å². The van der Waals surface area contributed by atoms with Crippen molar-refractivity contribution >= 4 is 24.0 Å². The molecule has 0 aliphatic heterocycles. The van der Waals surface area contributed by atoms with Crippen LogP contribution in [0.2, 0.25) is 5.02 Å². The second kappa shape index (κ2) is 5.70. The van der Waals surface area contributed by atoms with E-state index in [1.807, 2.05) is 0 Å². The predicted octanol–water partition coefficient (Wildman–Crippen LogP) is 3.75. The first-order valence-corrected chi connectivity index (χ1v) is 4.42. The molecule has 1 aromatic carbocycles. The Hall–Kier alpha value is -0.520. The molecule has 0 aliphatic rings. The maximum atomic E-state index is 12.5. The molecular weight excluding hydrogens is 269 g/mol. The Balaban J connectivity index is 0.00000225. The van der Waals surface area contributed by atoms with Crippen molar-refractivity contribution < 1.29 is 17.6 Å². The summed E-state index contributed by atoms with van der Waals surface area (Å²) < 4.78 is 49.7. The SMILES string of the molecule is Cl.N[C@@H](CF)c1ccc(Cl)cc1C(F)(F)F. The third-order valence-corrected chi connectivity index (χ3v) is 2.12. The van der Waals surface area contributed by atoms with Crippen molar-refractivity contribution in [3.63, 3.8) is 0 Å². The fourth-order valence-electron chi connectivity index (χ4n) is 1.18. The fraction of sp³-hybridized carbons (Fsp3) is 0.333. The molecule has 16 heavy (non-hydrogen) atoms. The van der Waals surface area contributed by atoms with Crippen molar-refractivity contribution in [3.05, 3.63) is 34.3 Å². The molecule has 92 valence electrons.